The molecular weight excluding hydrogens is 510 g/mol. The number of likely N-dealkylation sites (N-methyl/N-ethyl adjacent to an activating group) is 1. The zero-order valence-electron chi connectivity index (χ0n) is 24.4. The third-order valence-corrected chi connectivity index (χ3v) is 6.95. The monoisotopic (exact) mass is 551 g/mol. The van der Waals surface area contributed by atoms with Crippen LogP contribution in [0.3, 0.4) is 0 Å². The number of para-hydroxylation sites is 1. The molecule has 1 amide bonds. The van der Waals surface area contributed by atoms with Crippen molar-refractivity contribution in [2.45, 2.75) is 58.8 Å². The minimum absolute atomic E-state index is 0.0879. The maximum absolute atomic E-state index is 13.2. The molecule has 1 atom stereocenters. The predicted octanol–water partition coefficient (Wildman–Crippen LogP) is 4.93. The second-order valence-electron chi connectivity index (χ2n) is 11.2. The van der Waals surface area contributed by atoms with Gasteiger partial charge in [-0.1, -0.05) is 18.2 Å². The van der Waals surface area contributed by atoms with Crippen LogP contribution in [0.5, 0.6) is 17.2 Å². The van der Waals surface area contributed by atoms with E-state index in [2.05, 4.69) is 4.90 Å². The number of methoxy groups -OCH3 is 1. The van der Waals surface area contributed by atoms with Crippen LogP contribution in [0.25, 0.3) is 10.9 Å². The van der Waals surface area contributed by atoms with Crippen molar-refractivity contribution in [1.82, 2.24) is 14.4 Å². The van der Waals surface area contributed by atoms with Crippen molar-refractivity contribution >= 4 is 17.0 Å². The number of pyridine rings is 1. The Morgan fingerprint density at radius 3 is 2.50 bits per heavy atom. The van der Waals surface area contributed by atoms with Gasteiger partial charge in [0.25, 0.3) is 5.56 Å². The molecule has 0 N–H and O–H groups in total. The highest BCUT2D eigenvalue weighted by Gasteiger charge is 2.27. The summed E-state index contributed by atoms with van der Waals surface area (Å²) in [4.78, 5) is 30.0. The lowest BCUT2D eigenvalue weighted by Crippen LogP contribution is -2.43. The Morgan fingerprint density at radius 1 is 1.05 bits per heavy atom. The Hall–Kier alpha value is -3.72. The Balaban J connectivity index is 1.42. The minimum Gasteiger partial charge on any atom is -0.496 e. The smallest absolute Gasteiger partial charge is 0.410 e. The van der Waals surface area contributed by atoms with Gasteiger partial charge in [0.05, 0.1) is 12.6 Å². The number of rotatable bonds is 10. The van der Waals surface area contributed by atoms with Gasteiger partial charge in [-0.05, 0) is 77.5 Å². The summed E-state index contributed by atoms with van der Waals surface area (Å²) in [6, 6.07) is 15.0. The van der Waals surface area contributed by atoms with Gasteiger partial charge in [-0.25, -0.2) is 4.79 Å². The molecule has 1 aliphatic heterocycles. The SMILES string of the molecule is COc1cc(=O)n(CCN(C)CCC(C)N(Cc2ccc3c(c2)OCCO3)C(=O)OC(C)(C)C)c2ccccc12. The lowest BCUT2D eigenvalue weighted by Gasteiger charge is -2.33. The molecule has 40 heavy (non-hydrogen) atoms. The summed E-state index contributed by atoms with van der Waals surface area (Å²) < 4.78 is 24.3. The molecular formula is C31H41N3O6. The van der Waals surface area contributed by atoms with Crippen LogP contribution in [-0.2, 0) is 17.8 Å². The quantitative estimate of drug-likeness (QED) is 0.353. The first kappa shape index (κ1) is 29.3. The van der Waals surface area contributed by atoms with Crippen molar-refractivity contribution in [2.24, 2.45) is 0 Å². The maximum Gasteiger partial charge on any atom is 0.410 e. The third kappa shape index (κ3) is 7.27. The predicted molar refractivity (Wildman–Crippen MR) is 156 cm³/mol. The summed E-state index contributed by atoms with van der Waals surface area (Å²) in [7, 11) is 3.61. The third-order valence-electron chi connectivity index (χ3n) is 6.95. The van der Waals surface area contributed by atoms with E-state index in [4.69, 9.17) is 18.9 Å². The number of nitrogens with zero attached hydrogens (tertiary/aromatic N) is 3. The van der Waals surface area contributed by atoms with Crippen molar-refractivity contribution in [3.63, 3.8) is 0 Å². The van der Waals surface area contributed by atoms with Crippen LogP contribution >= 0.6 is 0 Å². The van der Waals surface area contributed by atoms with Gasteiger partial charge in [0, 0.05) is 37.1 Å². The summed E-state index contributed by atoms with van der Waals surface area (Å²) in [5.41, 5.74) is 1.10. The van der Waals surface area contributed by atoms with E-state index < -0.39 is 5.60 Å². The molecule has 1 unspecified atom stereocenters. The van der Waals surface area contributed by atoms with Crippen LogP contribution < -0.4 is 19.8 Å². The van der Waals surface area contributed by atoms with Crippen LogP contribution in [0.1, 0.15) is 39.7 Å². The summed E-state index contributed by atoms with van der Waals surface area (Å²) in [6.45, 7) is 11.0. The minimum atomic E-state index is -0.604. The summed E-state index contributed by atoms with van der Waals surface area (Å²) in [5, 5.41) is 0.910. The molecule has 0 radical (unpaired) electrons. The van der Waals surface area contributed by atoms with Gasteiger partial charge >= 0.3 is 6.09 Å². The number of carbonyl (C=O) groups excluding carboxylic acids is 1. The van der Waals surface area contributed by atoms with Crippen LogP contribution in [0.15, 0.2) is 53.3 Å². The molecule has 9 heteroatoms. The van der Waals surface area contributed by atoms with Gasteiger partial charge < -0.3 is 33.3 Å². The molecule has 3 aromatic rings. The van der Waals surface area contributed by atoms with Gasteiger partial charge in [-0.2, -0.15) is 0 Å². The first-order chi connectivity index (χ1) is 19.1. The summed E-state index contributed by atoms with van der Waals surface area (Å²) in [6.07, 6.45) is 0.382. The van der Waals surface area contributed by atoms with E-state index in [1.165, 1.54) is 0 Å². The Labute approximate surface area is 236 Å². The van der Waals surface area contributed by atoms with E-state index in [9.17, 15) is 9.59 Å². The summed E-state index contributed by atoms with van der Waals surface area (Å²) in [5.74, 6) is 2.00. The van der Waals surface area contributed by atoms with E-state index in [-0.39, 0.29) is 17.7 Å². The van der Waals surface area contributed by atoms with Gasteiger partial charge in [-0.15, -0.1) is 0 Å². The second-order valence-corrected chi connectivity index (χ2v) is 11.2. The van der Waals surface area contributed by atoms with Crippen molar-refractivity contribution in [3.8, 4) is 17.2 Å². The Kier molecular flexibility index (Phi) is 9.25. The second kappa shape index (κ2) is 12.6. The fraction of sp³-hybridized carbons (Fsp3) is 0.484. The zero-order valence-corrected chi connectivity index (χ0v) is 24.4. The van der Waals surface area contributed by atoms with E-state index >= 15 is 0 Å². The normalized spacial score (nSPS) is 13.8. The molecule has 0 aliphatic carbocycles. The van der Waals surface area contributed by atoms with Gasteiger partial charge in [0.1, 0.15) is 24.6 Å². The molecule has 4 rings (SSSR count). The average Bonchev–Trinajstić information content (AvgIpc) is 2.92. The van der Waals surface area contributed by atoms with Crippen LogP contribution in [-0.4, -0.2) is 72.6 Å². The van der Waals surface area contributed by atoms with Crippen LogP contribution in [0.2, 0.25) is 0 Å². The van der Waals surface area contributed by atoms with Crippen LogP contribution in [0, 0.1) is 0 Å². The fourth-order valence-corrected chi connectivity index (χ4v) is 4.75. The molecule has 0 spiro atoms. The molecule has 0 bridgehead atoms. The Bertz CT molecular complexity index is 1380. The largest absolute Gasteiger partial charge is 0.496 e. The number of amides is 1. The molecule has 1 aromatic heterocycles. The lowest BCUT2D eigenvalue weighted by molar-refractivity contribution is 0.0140. The molecule has 216 valence electrons. The number of benzene rings is 2. The van der Waals surface area contributed by atoms with E-state index in [0.717, 1.165) is 35.2 Å². The number of carbonyl (C=O) groups is 1. The molecule has 0 saturated heterocycles. The highest BCUT2D eigenvalue weighted by atomic mass is 16.6. The van der Waals surface area contributed by atoms with Crippen molar-refractivity contribution in [1.29, 1.82) is 0 Å². The molecule has 0 saturated carbocycles. The molecule has 2 aromatic carbocycles. The number of ether oxygens (including phenoxy) is 4. The van der Waals surface area contributed by atoms with Gasteiger partial charge in [0.15, 0.2) is 11.5 Å². The first-order valence-corrected chi connectivity index (χ1v) is 13.8. The summed E-state index contributed by atoms with van der Waals surface area (Å²) >= 11 is 0. The van der Waals surface area contributed by atoms with Crippen LogP contribution in [0.4, 0.5) is 4.79 Å². The maximum atomic E-state index is 13.2. The average molecular weight is 552 g/mol. The number of hydrogen-bond donors (Lipinski definition) is 0. The highest BCUT2D eigenvalue weighted by Crippen LogP contribution is 2.31. The van der Waals surface area contributed by atoms with Crippen molar-refractivity contribution in [2.75, 3.05) is 40.5 Å². The zero-order chi connectivity index (χ0) is 28.9. The number of aromatic nitrogens is 1. The van der Waals surface area contributed by atoms with Gasteiger partial charge in [0.2, 0.25) is 0 Å². The fourth-order valence-electron chi connectivity index (χ4n) is 4.75. The lowest BCUT2D eigenvalue weighted by atomic mass is 10.1. The van der Waals surface area contributed by atoms with Crippen molar-refractivity contribution < 1.29 is 23.7 Å². The first-order valence-electron chi connectivity index (χ1n) is 13.8. The standard InChI is InChI=1S/C31H41N3O6/c1-22(13-14-32(5)15-16-33-25-10-8-7-9-24(25)27(37-6)20-29(33)35)34(30(36)40-31(2,3)4)21-23-11-12-26-28(19-23)39-18-17-38-26/h7-12,19-20,22H,13-18,21H2,1-6H3. The molecule has 1 aliphatic rings. The van der Waals surface area contributed by atoms with E-state index in [0.29, 0.717) is 44.3 Å². The van der Waals surface area contributed by atoms with Gasteiger partial charge in [-0.3, -0.25) is 4.79 Å². The molecule has 9 nitrogen and oxygen atoms in total. The molecule has 0 fully saturated rings. The molecule has 2 heterocycles. The topological polar surface area (TPSA) is 82.5 Å². The van der Waals surface area contributed by atoms with E-state index in [1.54, 1.807) is 22.6 Å². The van der Waals surface area contributed by atoms with Crippen molar-refractivity contribution in [3.05, 3.63) is 64.4 Å². The Morgan fingerprint density at radius 2 is 1.77 bits per heavy atom. The highest BCUT2D eigenvalue weighted by molar-refractivity contribution is 5.85. The van der Waals surface area contributed by atoms with E-state index in [1.807, 2.05) is 77.2 Å². The number of hydrogen-bond acceptors (Lipinski definition) is 7. The number of fused-ring (bicyclic) bond motifs is 2.